The first kappa shape index (κ1) is 62.4. The van der Waals surface area contributed by atoms with Gasteiger partial charge in [-0.3, -0.25) is 0 Å². The molecule has 0 saturated carbocycles. The van der Waals surface area contributed by atoms with Gasteiger partial charge < -0.3 is 23.8 Å². The normalized spacial score (nSPS) is 12.9. The van der Waals surface area contributed by atoms with Crippen molar-refractivity contribution in [1.82, 2.24) is 9.13 Å². The third-order valence-electron chi connectivity index (χ3n) is 21.5. The van der Waals surface area contributed by atoms with E-state index in [9.17, 15) is 0 Å². The predicted octanol–water partition coefficient (Wildman–Crippen LogP) is 24.3. The van der Waals surface area contributed by atoms with Crippen molar-refractivity contribution in [3.05, 3.63) is 338 Å². The van der Waals surface area contributed by atoms with Crippen molar-refractivity contribution in [1.29, 1.82) is 0 Å². The predicted molar refractivity (Wildman–Crippen MR) is 436 cm³/mol. The Morgan fingerprint density at radius 2 is 0.657 bits per heavy atom. The first-order valence-corrected chi connectivity index (χ1v) is 36.0. The number of nitrogens with zero attached hydrogens (tertiary/aromatic N) is 5. The van der Waals surface area contributed by atoms with Crippen molar-refractivity contribution in [2.45, 2.75) is 78.6 Å². The highest BCUT2D eigenvalue weighted by atomic mass is 15.2. The lowest BCUT2D eigenvalue weighted by Gasteiger charge is -2.45. The Morgan fingerprint density at radius 1 is 0.245 bits per heavy atom. The Kier molecular flexibility index (Phi) is 14.6. The molecule has 0 atom stereocenters. The Hall–Kier alpha value is -11.9. The van der Waals surface area contributed by atoms with E-state index >= 15 is 0 Å². The van der Waals surface area contributed by atoms with Crippen LogP contribution in [-0.2, 0) is 16.2 Å². The van der Waals surface area contributed by atoms with Gasteiger partial charge in [-0.2, -0.15) is 0 Å². The van der Waals surface area contributed by atoms with Crippen LogP contribution in [-0.4, -0.2) is 15.8 Å². The molecule has 0 radical (unpaired) electrons. The van der Waals surface area contributed by atoms with Gasteiger partial charge in [0.15, 0.2) is 0 Å². The molecule has 0 fully saturated rings. The molecule has 5 nitrogen and oxygen atoms in total. The fourth-order valence-corrected chi connectivity index (χ4v) is 16.2. The first-order valence-electron chi connectivity index (χ1n) is 36.0. The van der Waals surface area contributed by atoms with E-state index in [4.69, 9.17) is 0 Å². The van der Waals surface area contributed by atoms with Gasteiger partial charge in [0.25, 0.3) is 6.71 Å². The van der Waals surface area contributed by atoms with Gasteiger partial charge in [0, 0.05) is 84.1 Å². The summed E-state index contributed by atoms with van der Waals surface area (Å²) >= 11 is 0. The molecule has 0 saturated heterocycles. The molecule has 2 aromatic heterocycles. The lowest BCUT2D eigenvalue weighted by molar-refractivity contribution is 0.590. The van der Waals surface area contributed by atoms with Crippen LogP contribution < -0.4 is 31.1 Å². The number of aromatic nitrogens is 2. The van der Waals surface area contributed by atoms with Crippen LogP contribution in [0.5, 0.6) is 0 Å². The van der Waals surface area contributed by atoms with Crippen molar-refractivity contribution in [3.63, 3.8) is 0 Å². The molecule has 0 unspecified atom stereocenters. The largest absolute Gasteiger partial charge is 0.311 e. The zero-order chi connectivity index (χ0) is 69.3. The minimum Gasteiger partial charge on any atom is -0.311 e. The topological polar surface area (TPSA) is 19.6 Å². The number of fused-ring (bicyclic) bond motifs is 10. The van der Waals surface area contributed by atoms with Gasteiger partial charge in [-0.25, -0.2) is 0 Å². The van der Waals surface area contributed by atoms with Crippen LogP contribution in [0.25, 0.3) is 88.4 Å². The summed E-state index contributed by atoms with van der Waals surface area (Å²) in [6.07, 6.45) is 0. The number of rotatable bonds is 10. The van der Waals surface area contributed by atoms with Crippen LogP contribution in [0.4, 0.5) is 51.2 Å². The maximum atomic E-state index is 2.64. The Balaban J connectivity index is 0.915. The molecule has 18 rings (SSSR count). The molecule has 0 bridgehead atoms. The molecule has 0 amide bonds. The maximum Gasteiger partial charge on any atom is 0.252 e. The highest BCUT2D eigenvalue weighted by Gasteiger charge is 2.45. The summed E-state index contributed by atoms with van der Waals surface area (Å²) in [5.41, 5.74) is 31.2. The zero-order valence-corrected chi connectivity index (χ0v) is 59.4. The molecule has 102 heavy (non-hydrogen) atoms. The number of hydrogen-bond donors (Lipinski definition) is 0. The average molecular weight is 1310 g/mol. The van der Waals surface area contributed by atoms with Crippen molar-refractivity contribution in [2.75, 3.05) is 14.7 Å². The summed E-state index contributed by atoms with van der Waals surface area (Å²) in [7, 11) is 0. The van der Waals surface area contributed by atoms with Crippen LogP contribution in [0.1, 0.15) is 79.0 Å². The third kappa shape index (κ3) is 10.5. The molecule has 2 aliphatic rings. The van der Waals surface area contributed by atoms with Gasteiger partial charge >= 0.3 is 0 Å². The SMILES string of the molecule is CC(C)(C)c1cc2c3c(c1)N(c1cc(-c4ccccc4)cc(-c4ccccc4)c1)c1cc(-n4c5ccc(C(C)(C)C)cc5c5cc(C(C)(C)C)ccc54)ccc1B3c1ccc(N(c3ccccc3)c3ccc(-n4c5ccccc5c5ccccc54)cc3)cc1N2c1cccc(-c2ccccc2)c1. The first-order chi connectivity index (χ1) is 49.5. The van der Waals surface area contributed by atoms with E-state index < -0.39 is 0 Å². The molecule has 0 aliphatic carbocycles. The summed E-state index contributed by atoms with van der Waals surface area (Å²) < 4.78 is 4.95. The quantitative estimate of drug-likeness (QED) is 0.127. The molecular weight excluding hydrogens is 1230 g/mol. The standard InChI is InChI=1S/C96H80BN5/c1-94(2,3)69-41-51-87-81(57-69)82-58-70(95(4,5)6)42-52-88(82)100(87)77-48-50-84-90(62-77)102(78-55-67(64-29-16-11-17-30-64)53-68(56-78)65-31-18-12-19-32-65)92-60-71(96(7,8)9)59-91-93(92)97(84)83-49-47-76(61-89(83)101(91)75-36-26-33-66(54-75)63-27-14-10-15-28-63)98(72-34-20-13-21-35-72)73-43-45-74(46-44-73)99-85-39-24-22-37-79(85)80-38-23-25-40-86(80)99/h10-62H,1-9H3. The van der Waals surface area contributed by atoms with E-state index in [1.54, 1.807) is 0 Å². The van der Waals surface area contributed by atoms with E-state index in [1.807, 2.05) is 0 Å². The molecule has 492 valence electrons. The zero-order valence-electron chi connectivity index (χ0n) is 59.4. The van der Waals surface area contributed by atoms with Crippen LogP contribution >= 0.6 is 0 Å². The lowest BCUT2D eigenvalue weighted by atomic mass is 9.33. The van der Waals surface area contributed by atoms with Gasteiger partial charge in [-0.15, -0.1) is 0 Å². The fraction of sp³-hybridized carbons (Fsp3) is 0.125. The Bertz CT molecular complexity index is 5770. The Labute approximate surface area is 599 Å². The van der Waals surface area contributed by atoms with Crippen molar-refractivity contribution in [3.8, 4) is 44.8 Å². The second kappa shape index (κ2) is 23.9. The molecule has 0 N–H and O–H groups in total. The van der Waals surface area contributed by atoms with E-state index in [0.29, 0.717) is 0 Å². The van der Waals surface area contributed by atoms with Crippen LogP contribution in [0.3, 0.4) is 0 Å². The highest BCUT2D eigenvalue weighted by Crippen LogP contribution is 2.51. The van der Waals surface area contributed by atoms with Gasteiger partial charge in [-0.05, 0) is 222 Å². The maximum absolute atomic E-state index is 2.64. The molecule has 16 aromatic rings. The van der Waals surface area contributed by atoms with Crippen LogP contribution in [0.2, 0.25) is 0 Å². The number of para-hydroxylation sites is 3. The van der Waals surface area contributed by atoms with E-state index in [-0.39, 0.29) is 23.0 Å². The monoisotopic (exact) mass is 1310 g/mol. The van der Waals surface area contributed by atoms with E-state index in [2.05, 4.69) is 408 Å². The lowest BCUT2D eigenvalue weighted by Crippen LogP contribution is -2.61. The summed E-state index contributed by atoms with van der Waals surface area (Å²) in [6, 6.07) is 121. The Morgan fingerprint density at radius 3 is 1.20 bits per heavy atom. The van der Waals surface area contributed by atoms with E-state index in [0.717, 1.165) is 79.3 Å². The van der Waals surface area contributed by atoms with Crippen molar-refractivity contribution >= 4 is 118 Å². The molecule has 14 aromatic carbocycles. The fourth-order valence-electron chi connectivity index (χ4n) is 16.2. The van der Waals surface area contributed by atoms with Gasteiger partial charge in [0.1, 0.15) is 0 Å². The summed E-state index contributed by atoms with van der Waals surface area (Å²) in [5, 5.41) is 5.02. The molecule has 0 spiro atoms. The highest BCUT2D eigenvalue weighted by molar-refractivity contribution is 7.00. The smallest absolute Gasteiger partial charge is 0.252 e. The van der Waals surface area contributed by atoms with Crippen molar-refractivity contribution in [2.24, 2.45) is 0 Å². The molecule has 2 aliphatic heterocycles. The van der Waals surface area contributed by atoms with Crippen molar-refractivity contribution < 1.29 is 0 Å². The van der Waals surface area contributed by atoms with Crippen LogP contribution in [0.15, 0.2) is 322 Å². The molecule has 4 heterocycles. The van der Waals surface area contributed by atoms with Gasteiger partial charge in [0.2, 0.25) is 0 Å². The second-order valence-corrected chi connectivity index (χ2v) is 31.0. The number of hydrogen-bond acceptors (Lipinski definition) is 3. The average Bonchev–Trinajstić information content (AvgIpc) is 1.54. The summed E-state index contributed by atoms with van der Waals surface area (Å²) in [5.74, 6) is 0. The summed E-state index contributed by atoms with van der Waals surface area (Å²) in [4.78, 5) is 7.69. The third-order valence-corrected chi connectivity index (χ3v) is 21.5. The van der Waals surface area contributed by atoms with Gasteiger partial charge in [0.05, 0.1) is 22.1 Å². The molecular formula is C96H80BN5. The minimum absolute atomic E-state index is 0.0421. The summed E-state index contributed by atoms with van der Waals surface area (Å²) in [6.45, 7) is 20.9. The minimum atomic E-state index is -0.272. The second-order valence-electron chi connectivity index (χ2n) is 31.0. The molecule has 6 heteroatoms. The van der Waals surface area contributed by atoms with Crippen LogP contribution in [0, 0.1) is 0 Å². The van der Waals surface area contributed by atoms with E-state index in [1.165, 1.54) is 93.4 Å². The number of benzene rings is 14. The van der Waals surface area contributed by atoms with Gasteiger partial charge in [-0.1, -0.05) is 244 Å². The number of anilines is 9.